The van der Waals surface area contributed by atoms with Crippen LogP contribution in [-0.2, 0) is 4.79 Å². The third-order valence-corrected chi connectivity index (χ3v) is 4.62. The van der Waals surface area contributed by atoms with Crippen molar-refractivity contribution in [3.05, 3.63) is 0 Å². The predicted octanol–water partition coefficient (Wildman–Crippen LogP) is 3.11. The van der Waals surface area contributed by atoms with Gasteiger partial charge in [-0.25, -0.2) is 0 Å². The zero-order valence-corrected chi connectivity index (χ0v) is 12.2. The summed E-state index contributed by atoms with van der Waals surface area (Å²) in [6.45, 7) is 0. The number of nitriles is 1. The average Bonchev–Trinajstić information content (AvgIpc) is 2.31. The summed E-state index contributed by atoms with van der Waals surface area (Å²) in [5.74, 6) is 0.0370. The fraction of sp³-hybridized carbons (Fsp3) is 0.833. The first-order chi connectivity index (χ1) is 8.13. The van der Waals surface area contributed by atoms with E-state index in [0.29, 0.717) is 0 Å². The molecule has 0 aliphatic heterocycles. The van der Waals surface area contributed by atoms with Crippen LogP contribution < -0.4 is 5.32 Å². The van der Waals surface area contributed by atoms with Crippen LogP contribution in [0.3, 0.4) is 0 Å². The lowest BCUT2D eigenvalue weighted by atomic mass is 9.85. The Morgan fingerprint density at radius 2 is 1.88 bits per heavy atom. The minimum atomic E-state index is -0.685. The van der Waals surface area contributed by atoms with Gasteiger partial charge in [-0.3, -0.25) is 4.79 Å². The Bertz CT molecular complexity index is 295. The molecule has 17 heavy (non-hydrogen) atoms. The molecular weight excluding hydrogens is 304 g/mol. The molecule has 0 aromatic carbocycles. The van der Waals surface area contributed by atoms with E-state index in [1.807, 2.05) is 0 Å². The van der Waals surface area contributed by atoms with Gasteiger partial charge < -0.3 is 5.32 Å². The van der Waals surface area contributed by atoms with Crippen molar-refractivity contribution in [2.75, 3.05) is 5.88 Å². The second-order valence-corrected chi connectivity index (χ2v) is 5.99. The number of alkyl halides is 2. The summed E-state index contributed by atoms with van der Waals surface area (Å²) in [6, 6.07) is 2.30. The molecule has 1 aliphatic rings. The number of carbonyl (C=O) groups excluding carboxylic acids is 1. The number of hydrogen-bond acceptors (Lipinski definition) is 2. The maximum atomic E-state index is 11.8. The van der Waals surface area contributed by atoms with Crippen LogP contribution in [-0.4, -0.2) is 22.2 Å². The summed E-state index contributed by atoms with van der Waals surface area (Å²) >= 11 is 8.82. The summed E-state index contributed by atoms with van der Waals surface area (Å²) in [7, 11) is 0. The van der Waals surface area contributed by atoms with Crippen molar-refractivity contribution in [2.24, 2.45) is 0 Å². The van der Waals surface area contributed by atoms with Crippen molar-refractivity contribution >= 4 is 33.4 Å². The Balaban J connectivity index is 2.66. The molecule has 0 bridgehead atoms. The van der Waals surface area contributed by atoms with Crippen molar-refractivity contribution < 1.29 is 4.79 Å². The molecular formula is C12H18BrClN2O. The second-order valence-electron chi connectivity index (χ2n) is 4.57. The Kier molecular flexibility index (Phi) is 6.29. The van der Waals surface area contributed by atoms with Crippen LogP contribution in [0.25, 0.3) is 0 Å². The molecule has 0 aromatic heterocycles. The Labute approximate surface area is 116 Å². The van der Waals surface area contributed by atoms with Gasteiger partial charge in [0.25, 0.3) is 0 Å². The lowest BCUT2D eigenvalue weighted by Gasteiger charge is -2.30. The van der Waals surface area contributed by atoms with E-state index in [1.54, 1.807) is 0 Å². The fourth-order valence-electron chi connectivity index (χ4n) is 2.16. The Morgan fingerprint density at radius 3 is 2.35 bits per heavy atom. The molecule has 0 heterocycles. The van der Waals surface area contributed by atoms with Gasteiger partial charge in [0.2, 0.25) is 5.91 Å². The third-order valence-electron chi connectivity index (χ3n) is 3.20. The molecule has 5 heteroatoms. The van der Waals surface area contributed by atoms with Gasteiger partial charge in [0.05, 0.1) is 6.07 Å². The van der Waals surface area contributed by atoms with Crippen LogP contribution in [0, 0.1) is 11.3 Å². The highest BCUT2D eigenvalue weighted by Crippen LogP contribution is 2.26. The van der Waals surface area contributed by atoms with Gasteiger partial charge in [0.15, 0.2) is 0 Å². The lowest BCUT2D eigenvalue weighted by Crippen LogP contribution is -2.50. The summed E-state index contributed by atoms with van der Waals surface area (Å²) < 4.78 is 0. The number of rotatable bonds is 3. The van der Waals surface area contributed by atoms with Gasteiger partial charge in [0, 0.05) is 5.88 Å². The normalized spacial score (nSPS) is 21.7. The van der Waals surface area contributed by atoms with Crippen LogP contribution in [0.4, 0.5) is 0 Å². The molecule has 3 nitrogen and oxygen atoms in total. The molecule has 1 saturated carbocycles. The topological polar surface area (TPSA) is 52.9 Å². The van der Waals surface area contributed by atoms with Crippen LogP contribution in [0.1, 0.15) is 44.9 Å². The van der Waals surface area contributed by atoms with E-state index in [2.05, 4.69) is 27.3 Å². The van der Waals surface area contributed by atoms with Crippen LogP contribution in [0.2, 0.25) is 0 Å². The molecule has 1 unspecified atom stereocenters. The highest BCUT2D eigenvalue weighted by molar-refractivity contribution is 9.10. The van der Waals surface area contributed by atoms with Crippen LogP contribution in [0.5, 0.6) is 0 Å². The second kappa shape index (κ2) is 7.23. The van der Waals surface area contributed by atoms with E-state index in [9.17, 15) is 10.1 Å². The highest BCUT2D eigenvalue weighted by Gasteiger charge is 2.33. The zero-order chi connectivity index (χ0) is 12.7. The van der Waals surface area contributed by atoms with Gasteiger partial charge in [-0.1, -0.05) is 48.0 Å². The molecule has 0 aromatic rings. The Morgan fingerprint density at radius 1 is 1.35 bits per heavy atom. The predicted molar refractivity (Wildman–Crippen MR) is 72.2 cm³/mol. The standard InChI is InChI=1S/C12H18BrClN2O/c13-10(8-14)11(17)16-12(9-15)6-4-2-1-3-5-7-12/h10H,1-8H2,(H,16,17). The molecule has 1 fully saturated rings. The molecule has 1 atom stereocenters. The van der Waals surface area contributed by atoms with Gasteiger partial charge >= 0.3 is 0 Å². The third kappa shape index (κ3) is 4.48. The Hall–Kier alpha value is -0.270. The van der Waals surface area contributed by atoms with Gasteiger partial charge in [0.1, 0.15) is 10.4 Å². The molecule has 96 valence electrons. The van der Waals surface area contributed by atoms with Crippen molar-refractivity contribution in [3.8, 4) is 6.07 Å². The van der Waals surface area contributed by atoms with Crippen LogP contribution >= 0.6 is 27.5 Å². The van der Waals surface area contributed by atoms with Gasteiger partial charge in [-0.2, -0.15) is 5.26 Å². The van der Waals surface area contributed by atoms with Crippen molar-refractivity contribution in [3.63, 3.8) is 0 Å². The van der Waals surface area contributed by atoms with Crippen molar-refractivity contribution in [1.29, 1.82) is 5.26 Å². The first kappa shape index (κ1) is 14.8. The summed E-state index contributed by atoms with van der Waals surface area (Å²) in [6.07, 6.45) is 7.02. The smallest absolute Gasteiger partial charge is 0.236 e. The largest absolute Gasteiger partial charge is 0.337 e. The minimum Gasteiger partial charge on any atom is -0.337 e. The first-order valence-electron chi connectivity index (χ1n) is 6.07. The molecule has 1 aliphatic carbocycles. The number of amides is 1. The zero-order valence-electron chi connectivity index (χ0n) is 9.85. The maximum Gasteiger partial charge on any atom is 0.236 e. The highest BCUT2D eigenvalue weighted by atomic mass is 79.9. The van der Waals surface area contributed by atoms with E-state index in [0.717, 1.165) is 38.5 Å². The molecule has 1 rings (SSSR count). The fourth-order valence-corrected chi connectivity index (χ4v) is 2.41. The van der Waals surface area contributed by atoms with E-state index < -0.39 is 10.4 Å². The maximum absolute atomic E-state index is 11.8. The average molecular weight is 322 g/mol. The number of carbonyl (C=O) groups is 1. The summed E-state index contributed by atoms with van der Waals surface area (Å²) in [4.78, 5) is 11.4. The van der Waals surface area contributed by atoms with Gasteiger partial charge in [-0.15, -0.1) is 11.6 Å². The molecule has 0 saturated heterocycles. The monoisotopic (exact) mass is 320 g/mol. The van der Waals surface area contributed by atoms with Crippen molar-refractivity contribution in [2.45, 2.75) is 55.3 Å². The van der Waals surface area contributed by atoms with E-state index >= 15 is 0 Å². The molecule has 0 spiro atoms. The first-order valence-corrected chi connectivity index (χ1v) is 7.52. The van der Waals surface area contributed by atoms with Gasteiger partial charge in [-0.05, 0) is 12.8 Å². The van der Waals surface area contributed by atoms with E-state index in [4.69, 9.17) is 11.6 Å². The number of nitrogens with zero attached hydrogens (tertiary/aromatic N) is 1. The number of nitrogens with one attached hydrogen (secondary N) is 1. The molecule has 0 radical (unpaired) electrons. The van der Waals surface area contributed by atoms with E-state index in [1.165, 1.54) is 6.42 Å². The SMILES string of the molecule is N#CC1(NC(=O)C(Br)CCl)CCCCCCC1. The molecule has 1 N–H and O–H groups in total. The quantitative estimate of drug-likeness (QED) is 0.812. The summed E-state index contributed by atoms with van der Waals surface area (Å²) in [5.41, 5.74) is -0.685. The minimum absolute atomic E-state index is 0.179. The van der Waals surface area contributed by atoms with Crippen molar-refractivity contribution in [1.82, 2.24) is 5.32 Å². The number of halogens is 2. The van der Waals surface area contributed by atoms with Crippen LogP contribution in [0.15, 0.2) is 0 Å². The lowest BCUT2D eigenvalue weighted by molar-refractivity contribution is -0.121. The number of hydrogen-bond donors (Lipinski definition) is 1. The summed E-state index contributed by atoms with van der Waals surface area (Å²) in [5, 5.41) is 12.2. The molecule has 1 amide bonds. The van der Waals surface area contributed by atoms with E-state index in [-0.39, 0.29) is 11.8 Å².